The van der Waals surface area contributed by atoms with Gasteiger partial charge in [-0.05, 0) is 38.3 Å². The Labute approximate surface area is 130 Å². The zero-order valence-electron chi connectivity index (χ0n) is 13.3. The van der Waals surface area contributed by atoms with Gasteiger partial charge in [0, 0.05) is 18.7 Å². The highest BCUT2D eigenvalue weighted by Gasteiger charge is 2.33. The van der Waals surface area contributed by atoms with Crippen molar-refractivity contribution in [3.05, 3.63) is 10.4 Å². The Morgan fingerprint density at radius 2 is 2.05 bits per heavy atom. The van der Waals surface area contributed by atoms with Gasteiger partial charge >= 0.3 is 0 Å². The van der Waals surface area contributed by atoms with Crippen LogP contribution in [0.3, 0.4) is 0 Å². The molecule has 6 heteroatoms. The van der Waals surface area contributed by atoms with E-state index in [4.69, 9.17) is 11.5 Å². The number of anilines is 2. The van der Waals surface area contributed by atoms with Crippen LogP contribution in [-0.4, -0.2) is 38.0 Å². The zero-order valence-corrected chi connectivity index (χ0v) is 14.1. The number of thiophene rings is 1. The van der Waals surface area contributed by atoms with E-state index in [1.165, 1.54) is 11.3 Å². The summed E-state index contributed by atoms with van der Waals surface area (Å²) in [6.07, 6.45) is 2.30. The molecule has 118 valence electrons. The maximum absolute atomic E-state index is 11.5. The molecular weight excluding hydrogens is 284 g/mol. The maximum atomic E-state index is 11.5. The standard InChI is InChI=1S/C15H26N4OS/c1-15(2,8-19(3)4)7-18-14-10(9-5-6-9)11(16)12(21-14)13(17)20/h9,18H,5-8,16H2,1-4H3,(H2,17,20). The summed E-state index contributed by atoms with van der Waals surface area (Å²) in [5, 5.41) is 4.52. The summed E-state index contributed by atoms with van der Waals surface area (Å²) in [7, 11) is 4.15. The highest BCUT2D eigenvalue weighted by Crippen LogP contribution is 2.50. The van der Waals surface area contributed by atoms with E-state index < -0.39 is 5.91 Å². The molecule has 1 aromatic heterocycles. The molecule has 1 aromatic rings. The van der Waals surface area contributed by atoms with Crippen molar-refractivity contribution < 1.29 is 4.79 Å². The minimum absolute atomic E-state index is 0.135. The lowest BCUT2D eigenvalue weighted by molar-refractivity contribution is 0.100. The van der Waals surface area contributed by atoms with Gasteiger partial charge in [0.05, 0.1) is 10.7 Å². The van der Waals surface area contributed by atoms with Gasteiger partial charge in [0.1, 0.15) is 4.88 Å². The second-order valence-electron chi connectivity index (χ2n) is 6.98. The Morgan fingerprint density at radius 1 is 1.43 bits per heavy atom. The van der Waals surface area contributed by atoms with E-state index in [1.807, 2.05) is 0 Å². The molecule has 0 unspecified atom stereocenters. The molecule has 0 atom stereocenters. The minimum atomic E-state index is -0.431. The summed E-state index contributed by atoms with van der Waals surface area (Å²) < 4.78 is 0. The summed E-state index contributed by atoms with van der Waals surface area (Å²) in [6.45, 7) is 6.27. The van der Waals surface area contributed by atoms with E-state index in [0.29, 0.717) is 16.5 Å². The van der Waals surface area contributed by atoms with Crippen molar-refractivity contribution in [2.75, 3.05) is 38.2 Å². The number of hydrogen-bond donors (Lipinski definition) is 3. The van der Waals surface area contributed by atoms with Gasteiger partial charge < -0.3 is 21.7 Å². The number of hydrogen-bond acceptors (Lipinski definition) is 5. The molecule has 1 aliphatic carbocycles. The number of carbonyl (C=O) groups is 1. The Morgan fingerprint density at radius 3 is 2.52 bits per heavy atom. The molecule has 0 saturated heterocycles. The van der Waals surface area contributed by atoms with E-state index in [9.17, 15) is 4.79 Å². The number of nitrogen functional groups attached to an aromatic ring is 1. The Balaban J connectivity index is 2.16. The number of primary amides is 1. The van der Waals surface area contributed by atoms with Gasteiger partial charge in [-0.1, -0.05) is 13.8 Å². The molecule has 0 spiro atoms. The van der Waals surface area contributed by atoms with E-state index in [1.54, 1.807) is 0 Å². The fraction of sp³-hybridized carbons (Fsp3) is 0.667. The van der Waals surface area contributed by atoms with Crippen molar-refractivity contribution in [2.24, 2.45) is 11.1 Å². The van der Waals surface area contributed by atoms with Crippen LogP contribution < -0.4 is 16.8 Å². The van der Waals surface area contributed by atoms with Crippen molar-refractivity contribution in [3.8, 4) is 0 Å². The third-order valence-corrected chi connectivity index (χ3v) is 4.86. The zero-order chi connectivity index (χ0) is 15.8. The first-order valence-electron chi connectivity index (χ1n) is 7.32. The van der Waals surface area contributed by atoms with Crippen molar-refractivity contribution in [2.45, 2.75) is 32.6 Å². The molecule has 2 rings (SSSR count). The number of nitrogens with two attached hydrogens (primary N) is 2. The highest BCUT2D eigenvalue weighted by molar-refractivity contribution is 7.18. The molecule has 0 radical (unpaired) electrons. The third-order valence-electron chi connectivity index (χ3n) is 3.66. The van der Waals surface area contributed by atoms with Crippen molar-refractivity contribution >= 4 is 27.9 Å². The average Bonchev–Trinajstić information content (AvgIpc) is 3.09. The van der Waals surface area contributed by atoms with Crippen molar-refractivity contribution in [1.29, 1.82) is 0 Å². The van der Waals surface area contributed by atoms with Gasteiger partial charge in [-0.2, -0.15) is 0 Å². The number of amides is 1. The molecule has 0 aliphatic heterocycles. The Bertz CT molecular complexity index is 532. The van der Waals surface area contributed by atoms with E-state index in [2.05, 4.69) is 38.2 Å². The maximum Gasteiger partial charge on any atom is 0.260 e. The summed E-state index contributed by atoms with van der Waals surface area (Å²) in [5.41, 5.74) is 13.4. The van der Waals surface area contributed by atoms with E-state index in [0.717, 1.165) is 36.5 Å². The molecule has 1 amide bonds. The summed E-state index contributed by atoms with van der Waals surface area (Å²) in [4.78, 5) is 14.2. The first-order valence-corrected chi connectivity index (χ1v) is 8.13. The molecule has 1 heterocycles. The van der Waals surface area contributed by atoms with Crippen LogP contribution in [0.2, 0.25) is 0 Å². The van der Waals surface area contributed by atoms with Crippen LogP contribution in [-0.2, 0) is 0 Å². The lowest BCUT2D eigenvalue weighted by Gasteiger charge is -2.28. The van der Waals surface area contributed by atoms with Crippen LogP contribution in [0, 0.1) is 5.41 Å². The predicted octanol–water partition coefficient (Wildman–Crippen LogP) is 2.31. The van der Waals surface area contributed by atoms with Gasteiger partial charge in [-0.15, -0.1) is 11.3 Å². The van der Waals surface area contributed by atoms with Crippen LogP contribution in [0.4, 0.5) is 10.7 Å². The Kier molecular flexibility index (Phi) is 4.49. The second-order valence-corrected chi connectivity index (χ2v) is 8.00. The lowest BCUT2D eigenvalue weighted by Crippen LogP contribution is -2.34. The quantitative estimate of drug-likeness (QED) is 0.721. The average molecular weight is 310 g/mol. The highest BCUT2D eigenvalue weighted by atomic mass is 32.1. The second kappa shape index (κ2) is 5.85. The van der Waals surface area contributed by atoms with Crippen molar-refractivity contribution in [3.63, 3.8) is 0 Å². The van der Waals surface area contributed by atoms with Gasteiger partial charge in [-0.25, -0.2) is 0 Å². The van der Waals surface area contributed by atoms with Gasteiger partial charge in [0.2, 0.25) is 0 Å². The molecule has 1 saturated carbocycles. The Hall–Kier alpha value is -1.27. The first kappa shape index (κ1) is 16.1. The molecule has 5 N–H and O–H groups in total. The van der Waals surface area contributed by atoms with E-state index in [-0.39, 0.29) is 5.41 Å². The lowest BCUT2D eigenvalue weighted by atomic mass is 9.93. The summed E-state index contributed by atoms with van der Waals surface area (Å²) in [5.74, 6) is 0.0637. The molecular formula is C15H26N4OS. The SMILES string of the molecule is CN(C)CC(C)(C)CNc1sc(C(N)=O)c(N)c1C1CC1. The molecule has 0 aromatic carbocycles. The van der Waals surface area contributed by atoms with Crippen LogP contribution in [0.5, 0.6) is 0 Å². The molecule has 21 heavy (non-hydrogen) atoms. The predicted molar refractivity (Wildman–Crippen MR) is 90.0 cm³/mol. The molecule has 1 aliphatic rings. The molecule has 0 bridgehead atoms. The number of nitrogens with one attached hydrogen (secondary N) is 1. The number of carbonyl (C=O) groups excluding carboxylic acids is 1. The largest absolute Gasteiger partial charge is 0.397 e. The van der Waals surface area contributed by atoms with Gasteiger partial charge in [-0.3, -0.25) is 4.79 Å². The normalized spacial score (nSPS) is 15.5. The van der Waals surface area contributed by atoms with Gasteiger partial charge in [0.15, 0.2) is 0 Å². The minimum Gasteiger partial charge on any atom is -0.397 e. The third kappa shape index (κ3) is 3.89. The topological polar surface area (TPSA) is 84.4 Å². The van der Waals surface area contributed by atoms with Crippen LogP contribution in [0.25, 0.3) is 0 Å². The fourth-order valence-electron chi connectivity index (χ4n) is 2.78. The fourth-order valence-corrected chi connectivity index (χ4v) is 3.84. The van der Waals surface area contributed by atoms with Crippen LogP contribution >= 0.6 is 11.3 Å². The number of rotatable bonds is 7. The molecule has 1 fully saturated rings. The summed E-state index contributed by atoms with van der Waals surface area (Å²) in [6, 6.07) is 0. The van der Waals surface area contributed by atoms with Crippen LogP contribution in [0.1, 0.15) is 47.8 Å². The van der Waals surface area contributed by atoms with E-state index >= 15 is 0 Å². The summed E-state index contributed by atoms with van der Waals surface area (Å²) >= 11 is 1.40. The number of nitrogens with zero attached hydrogens (tertiary/aromatic N) is 1. The van der Waals surface area contributed by atoms with Crippen molar-refractivity contribution in [1.82, 2.24) is 4.90 Å². The molecule has 5 nitrogen and oxygen atoms in total. The monoisotopic (exact) mass is 310 g/mol. The van der Waals surface area contributed by atoms with Crippen LogP contribution in [0.15, 0.2) is 0 Å². The smallest absolute Gasteiger partial charge is 0.260 e. The van der Waals surface area contributed by atoms with Gasteiger partial charge in [0.25, 0.3) is 5.91 Å². The first-order chi connectivity index (χ1) is 9.71.